The molecule has 0 saturated carbocycles. The molecule has 2 aromatic carbocycles. The molecular formula is C15H16N5+. The fraction of sp³-hybridized carbons (Fsp3) is 0.133. The van der Waals surface area contributed by atoms with Crippen LogP contribution >= 0.6 is 0 Å². The summed E-state index contributed by atoms with van der Waals surface area (Å²) in [5.74, 6) is 0.724. The van der Waals surface area contributed by atoms with Gasteiger partial charge in [-0.05, 0) is 33.3 Å². The molecular weight excluding hydrogens is 250 g/mol. The van der Waals surface area contributed by atoms with Crippen molar-refractivity contribution in [2.45, 2.75) is 0 Å². The Morgan fingerprint density at radius 2 is 1.85 bits per heavy atom. The summed E-state index contributed by atoms with van der Waals surface area (Å²) >= 11 is 0. The Hall–Kier alpha value is -2.53. The first kappa shape index (κ1) is 12.5. The van der Waals surface area contributed by atoms with Crippen molar-refractivity contribution in [1.29, 1.82) is 0 Å². The summed E-state index contributed by atoms with van der Waals surface area (Å²) in [6, 6.07) is 14.4. The van der Waals surface area contributed by atoms with E-state index in [0.717, 1.165) is 11.5 Å². The van der Waals surface area contributed by atoms with Gasteiger partial charge < -0.3 is 4.90 Å². The van der Waals surface area contributed by atoms with Crippen LogP contribution in [0, 0.1) is 0 Å². The molecule has 0 radical (unpaired) electrons. The minimum atomic E-state index is 0.724. The molecule has 3 aromatic rings. The average Bonchev–Trinajstić information content (AvgIpc) is 2.93. The van der Waals surface area contributed by atoms with Gasteiger partial charge >= 0.3 is 0 Å². The van der Waals surface area contributed by atoms with Gasteiger partial charge in [0.05, 0.1) is 26.0 Å². The molecule has 0 aliphatic rings. The second-order valence-corrected chi connectivity index (χ2v) is 4.89. The highest BCUT2D eigenvalue weighted by atomic mass is 15.5. The number of aromatic nitrogens is 4. The van der Waals surface area contributed by atoms with Crippen LogP contribution in [0.15, 0.2) is 48.7 Å². The monoisotopic (exact) mass is 266 g/mol. The molecule has 1 heterocycles. The average molecular weight is 266 g/mol. The van der Waals surface area contributed by atoms with E-state index in [0.29, 0.717) is 0 Å². The molecule has 0 aliphatic carbocycles. The van der Waals surface area contributed by atoms with Gasteiger partial charge in [-0.2, -0.15) is 4.68 Å². The molecule has 0 aliphatic heterocycles. The zero-order chi connectivity index (χ0) is 13.9. The minimum Gasteiger partial charge on any atom is -0.313 e. The van der Waals surface area contributed by atoms with Crippen LogP contribution in [0.1, 0.15) is 5.82 Å². The van der Waals surface area contributed by atoms with Gasteiger partial charge in [-0.25, -0.2) is 0 Å². The smallest absolute Gasteiger partial charge is 0.185 e. The molecule has 0 saturated heterocycles. The van der Waals surface area contributed by atoms with E-state index < -0.39 is 0 Å². The zero-order valence-electron chi connectivity index (χ0n) is 11.5. The summed E-state index contributed by atoms with van der Waals surface area (Å²) in [7, 11) is 4.08. The number of fused-ring (bicyclic) bond motifs is 1. The number of quaternary nitrogens is 1. The number of hydrogen-bond donors (Lipinski definition) is 1. The van der Waals surface area contributed by atoms with Crippen molar-refractivity contribution in [2.24, 2.45) is 0 Å². The van der Waals surface area contributed by atoms with E-state index in [9.17, 15) is 0 Å². The van der Waals surface area contributed by atoms with Gasteiger partial charge in [0.2, 0.25) is 0 Å². The molecule has 20 heavy (non-hydrogen) atoms. The van der Waals surface area contributed by atoms with Gasteiger partial charge in [-0.1, -0.05) is 30.3 Å². The summed E-state index contributed by atoms with van der Waals surface area (Å²) in [5, 5.41) is 14.3. The Kier molecular flexibility index (Phi) is 3.26. The Bertz CT molecular complexity index is 758. The molecule has 100 valence electrons. The molecule has 1 N–H and O–H groups in total. The Balaban J connectivity index is 2.05. The number of tetrazole rings is 1. The first-order valence-electron chi connectivity index (χ1n) is 6.50. The second-order valence-electron chi connectivity index (χ2n) is 4.89. The van der Waals surface area contributed by atoms with E-state index in [1.807, 2.05) is 44.6 Å². The first-order chi connectivity index (χ1) is 9.74. The third kappa shape index (κ3) is 2.44. The highest BCUT2D eigenvalue weighted by Gasteiger charge is 2.06. The zero-order valence-corrected chi connectivity index (χ0v) is 11.5. The van der Waals surface area contributed by atoms with E-state index in [4.69, 9.17) is 0 Å². The molecule has 0 unspecified atom stereocenters. The molecule has 0 bridgehead atoms. The van der Waals surface area contributed by atoms with Crippen molar-refractivity contribution >= 4 is 16.8 Å². The minimum absolute atomic E-state index is 0.724. The number of nitrogens with zero attached hydrogens (tertiary/aromatic N) is 4. The molecule has 5 nitrogen and oxygen atoms in total. The van der Waals surface area contributed by atoms with Crippen molar-refractivity contribution in [3.05, 3.63) is 54.5 Å². The summed E-state index contributed by atoms with van der Waals surface area (Å²) in [6.45, 7) is 0. The van der Waals surface area contributed by atoms with Crippen LogP contribution < -0.4 is 4.90 Å². The van der Waals surface area contributed by atoms with Crippen LogP contribution in [0.4, 0.5) is 0 Å². The van der Waals surface area contributed by atoms with E-state index >= 15 is 0 Å². The number of benzene rings is 2. The summed E-state index contributed by atoms with van der Waals surface area (Å²) in [5.41, 5.74) is 0.960. The lowest BCUT2D eigenvalue weighted by molar-refractivity contribution is -0.800. The van der Waals surface area contributed by atoms with Crippen molar-refractivity contribution in [2.75, 3.05) is 14.1 Å². The highest BCUT2D eigenvalue weighted by molar-refractivity contribution is 5.84. The maximum absolute atomic E-state index is 4.07. The van der Waals surface area contributed by atoms with Crippen molar-refractivity contribution < 1.29 is 4.90 Å². The topological polar surface area (TPSA) is 48.0 Å². The summed E-state index contributed by atoms with van der Waals surface area (Å²) < 4.78 is 1.74. The third-order valence-electron chi connectivity index (χ3n) is 3.04. The van der Waals surface area contributed by atoms with E-state index in [-0.39, 0.29) is 0 Å². The fourth-order valence-electron chi connectivity index (χ4n) is 2.03. The van der Waals surface area contributed by atoms with Gasteiger partial charge in [-0.15, -0.1) is 5.10 Å². The normalized spacial score (nSPS) is 11.8. The molecule has 0 fully saturated rings. The van der Waals surface area contributed by atoms with E-state index in [1.54, 1.807) is 4.68 Å². The van der Waals surface area contributed by atoms with Gasteiger partial charge in [0.15, 0.2) is 5.82 Å². The van der Waals surface area contributed by atoms with Gasteiger partial charge in [0, 0.05) is 6.08 Å². The predicted octanol–water partition coefficient (Wildman–Crippen LogP) is 0.931. The van der Waals surface area contributed by atoms with Crippen LogP contribution in [0.5, 0.6) is 0 Å². The lowest BCUT2D eigenvalue weighted by atomic mass is 10.1. The van der Waals surface area contributed by atoms with E-state index in [2.05, 4.69) is 39.8 Å². The van der Waals surface area contributed by atoms with E-state index in [1.165, 1.54) is 15.7 Å². The molecule has 5 heteroatoms. The van der Waals surface area contributed by atoms with Crippen LogP contribution in [0.3, 0.4) is 0 Å². The predicted molar refractivity (Wildman–Crippen MR) is 78.5 cm³/mol. The van der Waals surface area contributed by atoms with Crippen molar-refractivity contribution in [1.82, 2.24) is 20.2 Å². The molecule has 1 aromatic heterocycles. The standard InChI is InChI=1S/C15H15N5/c1-19(2)10-9-15-16-17-18-20(15)14-8-7-12-5-3-4-6-13(12)11-14/h3-11H,1-2H3/p+1/b10-9+. The molecule has 0 atom stereocenters. The Morgan fingerprint density at radius 3 is 2.65 bits per heavy atom. The number of rotatable bonds is 3. The van der Waals surface area contributed by atoms with Crippen LogP contribution in [-0.4, -0.2) is 34.3 Å². The molecule has 3 rings (SSSR count). The lowest BCUT2D eigenvalue weighted by Crippen LogP contribution is -3.00. The summed E-state index contributed by atoms with van der Waals surface area (Å²) in [4.78, 5) is 1.21. The molecule has 0 spiro atoms. The maximum atomic E-state index is 4.07. The first-order valence-corrected chi connectivity index (χ1v) is 6.50. The number of hydrogen-bond acceptors (Lipinski definition) is 3. The largest absolute Gasteiger partial charge is 0.313 e. The van der Waals surface area contributed by atoms with Gasteiger partial charge in [0.1, 0.15) is 0 Å². The van der Waals surface area contributed by atoms with Crippen molar-refractivity contribution in [3.63, 3.8) is 0 Å². The third-order valence-corrected chi connectivity index (χ3v) is 3.04. The SMILES string of the molecule is C[NH+](C)/C=C/c1nnnn1-c1ccc2ccccc2c1. The maximum Gasteiger partial charge on any atom is 0.185 e. The van der Waals surface area contributed by atoms with Crippen LogP contribution in [-0.2, 0) is 0 Å². The lowest BCUT2D eigenvalue weighted by Gasteiger charge is -2.04. The van der Waals surface area contributed by atoms with Crippen LogP contribution in [0.25, 0.3) is 22.5 Å². The quantitative estimate of drug-likeness (QED) is 0.767. The van der Waals surface area contributed by atoms with Crippen LogP contribution in [0.2, 0.25) is 0 Å². The van der Waals surface area contributed by atoms with Gasteiger partial charge in [0.25, 0.3) is 0 Å². The Morgan fingerprint density at radius 1 is 1.05 bits per heavy atom. The fourth-order valence-corrected chi connectivity index (χ4v) is 2.03. The highest BCUT2D eigenvalue weighted by Crippen LogP contribution is 2.18. The number of nitrogens with one attached hydrogen (secondary N) is 1. The van der Waals surface area contributed by atoms with Gasteiger partial charge in [-0.3, -0.25) is 0 Å². The Labute approximate surface area is 117 Å². The van der Waals surface area contributed by atoms with Crippen molar-refractivity contribution in [3.8, 4) is 5.69 Å². The summed E-state index contributed by atoms with van der Waals surface area (Å²) in [6.07, 6.45) is 3.92. The second kappa shape index (κ2) is 5.22. The molecule has 0 amide bonds.